The smallest absolute Gasteiger partial charge is 0.322 e. The van der Waals surface area contributed by atoms with Gasteiger partial charge in [0.1, 0.15) is 6.54 Å². The molecule has 0 aromatic heterocycles. The van der Waals surface area contributed by atoms with Crippen LogP contribution in [-0.4, -0.2) is 36.9 Å². The number of nitrogens with one attached hydrogen (secondary N) is 2. The Morgan fingerprint density at radius 1 is 1.21 bits per heavy atom. The van der Waals surface area contributed by atoms with Crippen LogP contribution in [0.3, 0.4) is 0 Å². The van der Waals surface area contributed by atoms with Crippen molar-refractivity contribution in [3.63, 3.8) is 0 Å². The summed E-state index contributed by atoms with van der Waals surface area (Å²) in [6.07, 6.45) is 0. The van der Waals surface area contributed by atoms with Crippen molar-refractivity contribution in [1.82, 2.24) is 5.32 Å². The Hall–Kier alpha value is -3.18. The van der Waals surface area contributed by atoms with Crippen LogP contribution >= 0.6 is 11.6 Å². The molecule has 3 N–H and O–H groups in total. The first-order chi connectivity index (χ1) is 13.0. The fourth-order valence-electron chi connectivity index (χ4n) is 2.15. The van der Waals surface area contributed by atoms with Gasteiger partial charge in [-0.1, -0.05) is 11.6 Å². The van der Waals surface area contributed by atoms with Crippen molar-refractivity contribution in [3.8, 4) is 0 Å². The van der Waals surface area contributed by atoms with Gasteiger partial charge in [0.05, 0.1) is 14.8 Å². The number of benzene rings is 2. The standard InChI is InChI=1S/C16H14ClN3O7S/c1-9-13(17)6-12(7-14(9)20(24)25)28(26,27)19-11-4-2-10(3-5-11)16(23)18-8-15(21)22/h2-7,19H,8H2,1H3,(H,18,23)(H,21,22). The maximum atomic E-state index is 12.5. The summed E-state index contributed by atoms with van der Waals surface area (Å²) in [5.74, 6) is -1.85. The number of hydrogen-bond acceptors (Lipinski definition) is 6. The number of nitro benzene ring substituents is 1. The van der Waals surface area contributed by atoms with Crippen LogP contribution < -0.4 is 10.0 Å². The highest BCUT2D eigenvalue weighted by molar-refractivity contribution is 7.92. The molecule has 0 saturated carbocycles. The Morgan fingerprint density at radius 3 is 2.36 bits per heavy atom. The van der Waals surface area contributed by atoms with Gasteiger partial charge in [-0.05, 0) is 37.3 Å². The van der Waals surface area contributed by atoms with Gasteiger partial charge in [0.25, 0.3) is 21.6 Å². The number of carbonyl (C=O) groups is 2. The quantitative estimate of drug-likeness (QED) is 0.451. The van der Waals surface area contributed by atoms with Gasteiger partial charge in [-0.15, -0.1) is 0 Å². The third-order valence-corrected chi connectivity index (χ3v) is 5.35. The largest absolute Gasteiger partial charge is 0.480 e. The number of amides is 1. The van der Waals surface area contributed by atoms with Gasteiger partial charge in [0, 0.05) is 22.9 Å². The van der Waals surface area contributed by atoms with E-state index >= 15 is 0 Å². The van der Waals surface area contributed by atoms with E-state index in [9.17, 15) is 28.1 Å². The summed E-state index contributed by atoms with van der Waals surface area (Å²) in [5.41, 5.74) is -0.0759. The van der Waals surface area contributed by atoms with E-state index in [1.807, 2.05) is 0 Å². The van der Waals surface area contributed by atoms with Crippen molar-refractivity contribution < 1.29 is 28.0 Å². The minimum absolute atomic E-state index is 0.0694. The molecule has 148 valence electrons. The van der Waals surface area contributed by atoms with E-state index in [4.69, 9.17) is 16.7 Å². The lowest BCUT2D eigenvalue weighted by Crippen LogP contribution is -2.29. The van der Waals surface area contributed by atoms with E-state index in [1.54, 1.807) is 0 Å². The Bertz CT molecular complexity index is 1050. The van der Waals surface area contributed by atoms with E-state index in [0.29, 0.717) is 0 Å². The number of carbonyl (C=O) groups excluding carboxylic acids is 1. The molecule has 0 saturated heterocycles. The Labute approximate surface area is 164 Å². The molecule has 0 fully saturated rings. The number of nitro groups is 1. The Kier molecular flexibility index (Phi) is 6.21. The maximum Gasteiger partial charge on any atom is 0.322 e. The second-order valence-electron chi connectivity index (χ2n) is 5.57. The summed E-state index contributed by atoms with van der Waals surface area (Å²) in [5, 5.41) is 21.7. The third kappa shape index (κ3) is 4.96. The lowest BCUT2D eigenvalue weighted by atomic mass is 10.2. The van der Waals surface area contributed by atoms with Gasteiger partial charge in [-0.3, -0.25) is 24.4 Å². The van der Waals surface area contributed by atoms with Crippen molar-refractivity contribution >= 4 is 44.9 Å². The monoisotopic (exact) mass is 427 g/mol. The molecular formula is C16H14ClN3O7S. The van der Waals surface area contributed by atoms with Crippen LogP contribution in [-0.2, 0) is 14.8 Å². The first-order valence-electron chi connectivity index (χ1n) is 7.58. The number of aliphatic carboxylic acids is 1. The number of halogens is 1. The van der Waals surface area contributed by atoms with Crippen LogP contribution in [0.2, 0.25) is 5.02 Å². The molecule has 1 amide bonds. The zero-order chi connectivity index (χ0) is 21.1. The molecule has 0 aliphatic rings. The Morgan fingerprint density at radius 2 is 1.82 bits per heavy atom. The average Bonchev–Trinajstić information content (AvgIpc) is 2.61. The number of nitrogens with zero attached hydrogens (tertiary/aromatic N) is 1. The Balaban J connectivity index is 2.24. The number of anilines is 1. The average molecular weight is 428 g/mol. The highest BCUT2D eigenvalue weighted by atomic mass is 35.5. The summed E-state index contributed by atoms with van der Waals surface area (Å²) >= 11 is 5.90. The molecule has 12 heteroatoms. The lowest BCUT2D eigenvalue weighted by molar-refractivity contribution is -0.385. The van der Waals surface area contributed by atoms with Gasteiger partial charge in [-0.2, -0.15) is 0 Å². The summed E-state index contributed by atoms with van der Waals surface area (Å²) in [6.45, 7) is 0.846. The van der Waals surface area contributed by atoms with Crippen LogP contribution in [0.1, 0.15) is 15.9 Å². The van der Waals surface area contributed by atoms with Crippen molar-refractivity contribution in [2.45, 2.75) is 11.8 Å². The van der Waals surface area contributed by atoms with Gasteiger partial charge in [-0.25, -0.2) is 8.42 Å². The van der Waals surface area contributed by atoms with Crippen LogP contribution in [0.15, 0.2) is 41.3 Å². The molecule has 0 radical (unpaired) electrons. The fraction of sp³-hybridized carbons (Fsp3) is 0.125. The van der Waals surface area contributed by atoms with Gasteiger partial charge in [0.15, 0.2) is 0 Å². The minimum Gasteiger partial charge on any atom is -0.480 e. The molecule has 0 spiro atoms. The molecule has 0 unspecified atom stereocenters. The first kappa shape index (κ1) is 21.1. The second kappa shape index (κ2) is 8.23. The molecular weight excluding hydrogens is 414 g/mol. The summed E-state index contributed by atoms with van der Waals surface area (Å²) in [4.78, 5) is 32.1. The topological polar surface area (TPSA) is 156 Å². The fourth-order valence-corrected chi connectivity index (χ4v) is 3.53. The molecule has 0 aliphatic heterocycles. The normalized spacial score (nSPS) is 10.9. The summed E-state index contributed by atoms with van der Waals surface area (Å²) < 4.78 is 27.2. The highest BCUT2D eigenvalue weighted by Crippen LogP contribution is 2.30. The van der Waals surface area contributed by atoms with Crippen LogP contribution in [0.25, 0.3) is 0 Å². The van der Waals surface area contributed by atoms with Crippen molar-refractivity contribution in [3.05, 3.63) is 62.7 Å². The number of rotatable bonds is 7. The SMILES string of the molecule is Cc1c(Cl)cc(S(=O)(=O)Nc2ccc(C(=O)NCC(=O)O)cc2)cc1[N+](=O)[O-]. The van der Waals surface area contributed by atoms with Crippen molar-refractivity contribution in [2.24, 2.45) is 0 Å². The lowest BCUT2D eigenvalue weighted by Gasteiger charge is -2.10. The molecule has 0 aliphatic carbocycles. The summed E-state index contributed by atoms with van der Waals surface area (Å²) in [6, 6.07) is 7.16. The van der Waals surface area contributed by atoms with E-state index in [-0.39, 0.29) is 21.8 Å². The summed E-state index contributed by atoms with van der Waals surface area (Å²) in [7, 11) is -4.18. The van der Waals surface area contributed by atoms with E-state index < -0.39 is 44.0 Å². The molecule has 10 nitrogen and oxygen atoms in total. The van der Waals surface area contributed by atoms with Gasteiger partial charge in [0.2, 0.25) is 0 Å². The molecule has 2 rings (SSSR count). The predicted octanol–water partition coefficient (Wildman–Crippen LogP) is 2.17. The van der Waals surface area contributed by atoms with E-state index in [1.165, 1.54) is 31.2 Å². The number of sulfonamides is 1. The highest BCUT2D eigenvalue weighted by Gasteiger charge is 2.22. The van der Waals surface area contributed by atoms with Crippen molar-refractivity contribution in [1.29, 1.82) is 0 Å². The van der Waals surface area contributed by atoms with Gasteiger partial charge >= 0.3 is 5.97 Å². The van der Waals surface area contributed by atoms with E-state index in [0.717, 1.165) is 12.1 Å². The number of carboxylic acid groups (broad SMARTS) is 1. The first-order valence-corrected chi connectivity index (χ1v) is 9.45. The zero-order valence-corrected chi connectivity index (χ0v) is 15.9. The molecule has 28 heavy (non-hydrogen) atoms. The molecule has 2 aromatic rings. The number of hydrogen-bond donors (Lipinski definition) is 3. The molecule has 0 heterocycles. The third-order valence-electron chi connectivity index (χ3n) is 3.60. The zero-order valence-electron chi connectivity index (χ0n) is 14.3. The van der Waals surface area contributed by atoms with Crippen LogP contribution in [0.5, 0.6) is 0 Å². The van der Waals surface area contributed by atoms with Gasteiger partial charge < -0.3 is 10.4 Å². The van der Waals surface area contributed by atoms with Crippen LogP contribution in [0.4, 0.5) is 11.4 Å². The molecule has 0 bridgehead atoms. The van der Waals surface area contributed by atoms with E-state index in [2.05, 4.69) is 10.0 Å². The number of carboxylic acids is 1. The maximum absolute atomic E-state index is 12.5. The second-order valence-corrected chi connectivity index (χ2v) is 7.66. The predicted molar refractivity (Wildman–Crippen MR) is 100 cm³/mol. The van der Waals surface area contributed by atoms with Crippen molar-refractivity contribution in [2.75, 3.05) is 11.3 Å². The van der Waals surface area contributed by atoms with Crippen LogP contribution in [0, 0.1) is 17.0 Å². The molecule has 0 atom stereocenters. The molecule has 2 aromatic carbocycles. The minimum atomic E-state index is -4.18.